The number of nitrogens with one attached hydrogen (secondary N) is 1. The summed E-state index contributed by atoms with van der Waals surface area (Å²) < 4.78 is 5.54. The Hall–Kier alpha value is -0.380. The molecular weight excluding hydrogens is 254 g/mol. The molecule has 0 aromatic carbocycles. The highest BCUT2D eigenvalue weighted by atomic mass is 32.1. The lowest BCUT2D eigenvalue weighted by Gasteiger charge is -2.58. The van der Waals surface area contributed by atoms with Crippen LogP contribution in [0.5, 0.6) is 0 Å². The van der Waals surface area contributed by atoms with Crippen LogP contribution in [0.3, 0.4) is 0 Å². The van der Waals surface area contributed by atoms with Crippen LogP contribution >= 0.6 is 11.3 Å². The Bertz CT molecular complexity index is 398. The maximum atomic E-state index is 5.54. The van der Waals surface area contributed by atoms with Crippen LogP contribution in [-0.2, 0) is 10.2 Å². The maximum absolute atomic E-state index is 5.54. The van der Waals surface area contributed by atoms with Crippen LogP contribution in [0, 0.1) is 5.41 Å². The van der Waals surface area contributed by atoms with Gasteiger partial charge in [-0.25, -0.2) is 0 Å². The molecule has 1 aliphatic heterocycles. The van der Waals surface area contributed by atoms with E-state index in [1.807, 2.05) is 11.3 Å². The van der Waals surface area contributed by atoms with Crippen LogP contribution in [0.15, 0.2) is 17.5 Å². The molecule has 1 spiro atoms. The minimum Gasteiger partial charge on any atom is -0.381 e. The monoisotopic (exact) mass is 279 g/mol. The molecule has 3 rings (SSSR count). The largest absolute Gasteiger partial charge is 0.381 e. The second-order valence-electron chi connectivity index (χ2n) is 6.76. The molecule has 1 aromatic rings. The van der Waals surface area contributed by atoms with Crippen molar-refractivity contribution in [3.05, 3.63) is 22.4 Å². The summed E-state index contributed by atoms with van der Waals surface area (Å²) in [5, 5.41) is 5.90. The van der Waals surface area contributed by atoms with E-state index in [4.69, 9.17) is 4.74 Å². The highest BCUT2D eigenvalue weighted by Gasteiger charge is 2.55. The normalized spacial score (nSPS) is 24.6. The van der Waals surface area contributed by atoms with Gasteiger partial charge in [-0.05, 0) is 42.5 Å². The van der Waals surface area contributed by atoms with Crippen LogP contribution in [0.1, 0.15) is 44.4 Å². The Morgan fingerprint density at radius 2 is 2.05 bits per heavy atom. The summed E-state index contributed by atoms with van der Waals surface area (Å²) >= 11 is 1.93. The Kier molecular flexibility index (Phi) is 3.71. The smallest absolute Gasteiger partial charge is 0.0471 e. The summed E-state index contributed by atoms with van der Waals surface area (Å²) in [6.07, 6.45) is 5.23. The first-order valence-corrected chi connectivity index (χ1v) is 8.37. The molecule has 0 atom stereocenters. The van der Waals surface area contributed by atoms with Crippen molar-refractivity contribution >= 4 is 11.3 Å². The molecule has 1 saturated carbocycles. The van der Waals surface area contributed by atoms with Crippen molar-refractivity contribution in [1.82, 2.24) is 5.32 Å². The van der Waals surface area contributed by atoms with Crippen LogP contribution in [-0.4, -0.2) is 25.8 Å². The maximum Gasteiger partial charge on any atom is 0.0471 e. The van der Waals surface area contributed by atoms with Gasteiger partial charge in [0.05, 0.1) is 0 Å². The molecule has 1 aliphatic carbocycles. The molecule has 106 valence electrons. The molecule has 0 bridgehead atoms. The lowest BCUT2D eigenvalue weighted by molar-refractivity contribution is -0.0730. The summed E-state index contributed by atoms with van der Waals surface area (Å²) in [4.78, 5) is 1.58. The van der Waals surface area contributed by atoms with E-state index in [9.17, 15) is 0 Å². The van der Waals surface area contributed by atoms with Gasteiger partial charge in [0, 0.05) is 36.1 Å². The Labute approximate surface area is 120 Å². The molecule has 19 heavy (non-hydrogen) atoms. The number of hydrogen-bond acceptors (Lipinski definition) is 3. The van der Waals surface area contributed by atoms with E-state index in [1.165, 1.54) is 25.7 Å². The van der Waals surface area contributed by atoms with Crippen LogP contribution in [0.4, 0.5) is 0 Å². The highest BCUT2D eigenvalue weighted by Crippen LogP contribution is 2.60. The lowest BCUT2D eigenvalue weighted by Crippen LogP contribution is -2.56. The van der Waals surface area contributed by atoms with Gasteiger partial charge in [-0.15, -0.1) is 11.3 Å². The zero-order valence-electron chi connectivity index (χ0n) is 12.1. The predicted octanol–water partition coefficient (Wildman–Crippen LogP) is 3.57. The fraction of sp³-hybridized carbons (Fsp3) is 0.750. The fourth-order valence-corrected chi connectivity index (χ4v) is 4.84. The molecule has 0 amide bonds. The molecule has 0 unspecified atom stereocenters. The Morgan fingerprint density at radius 1 is 1.32 bits per heavy atom. The van der Waals surface area contributed by atoms with Gasteiger partial charge in [0.25, 0.3) is 0 Å². The first-order valence-electron chi connectivity index (χ1n) is 7.49. The molecular formula is C16H25NOS. The zero-order chi connectivity index (χ0) is 13.3. The van der Waals surface area contributed by atoms with Crippen molar-refractivity contribution in [2.75, 3.05) is 19.8 Å². The summed E-state index contributed by atoms with van der Waals surface area (Å²) in [7, 11) is 0. The quantitative estimate of drug-likeness (QED) is 0.909. The molecule has 2 fully saturated rings. The highest BCUT2D eigenvalue weighted by molar-refractivity contribution is 7.10. The summed E-state index contributed by atoms with van der Waals surface area (Å²) in [5.41, 5.74) is 0.983. The average molecular weight is 279 g/mol. The van der Waals surface area contributed by atoms with Gasteiger partial charge in [-0.2, -0.15) is 0 Å². The molecule has 1 aromatic heterocycles. The van der Waals surface area contributed by atoms with Gasteiger partial charge < -0.3 is 10.1 Å². The van der Waals surface area contributed by atoms with E-state index in [1.54, 1.807) is 4.88 Å². The minimum atomic E-state index is 0.399. The van der Waals surface area contributed by atoms with Crippen molar-refractivity contribution in [1.29, 1.82) is 0 Å². The first-order chi connectivity index (χ1) is 9.14. The summed E-state index contributed by atoms with van der Waals surface area (Å²) in [6.45, 7) is 7.56. The van der Waals surface area contributed by atoms with Crippen molar-refractivity contribution in [2.45, 2.75) is 51.0 Å². The molecule has 2 heterocycles. The van der Waals surface area contributed by atoms with E-state index in [0.717, 1.165) is 19.8 Å². The molecule has 0 radical (unpaired) electrons. The van der Waals surface area contributed by atoms with Crippen molar-refractivity contribution in [3.8, 4) is 0 Å². The average Bonchev–Trinajstić information content (AvgIpc) is 2.89. The summed E-state index contributed by atoms with van der Waals surface area (Å²) in [5.74, 6) is 0. The molecule has 2 nitrogen and oxygen atoms in total. The van der Waals surface area contributed by atoms with E-state index >= 15 is 0 Å². The number of thiophene rings is 1. The second kappa shape index (κ2) is 5.19. The summed E-state index contributed by atoms with van der Waals surface area (Å²) in [6, 6.07) is 5.10. The van der Waals surface area contributed by atoms with Gasteiger partial charge >= 0.3 is 0 Å². The molecule has 1 saturated heterocycles. The van der Waals surface area contributed by atoms with Crippen molar-refractivity contribution in [2.24, 2.45) is 5.41 Å². The second-order valence-corrected chi connectivity index (χ2v) is 7.71. The third-order valence-electron chi connectivity index (χ3n) is 4.87. The third-order valence-corrected chi connectivity index (χ3v) is 5.99. The van der Waals surface area contributed by atoms with Gasteiger partial charge in [0.15, 0.2) is 0 Å². The van der Waals surface area contributed by atoms with Gasteiger partial charge in [0.2, 0.25) is 0 Å². The molecule has 1 N–H and O–H groups in total. The SMILES string of the molecule is CC(C)NCC1(c2cccs2)CC2(CCOCC2)C1. The number of ether oxygens (including phenoxy) is 1. The van der Waals surface area contributed by atoms with Crippen molar-refractivity contribution < 1.29 is 4.74 Å². The Balaban J connectivity index is 1.73. The third kappa shape index (κ3) is 2.61. The van der Waals surface area contributed by atoms with Crippen LogP contribution in [0.2, 0.25) is 0 Å². The van der Waals surface area contributed by atoms with E-state index < -0.39 is 0 Å². The standard InChI is InChI=1S/C16H25NOS/c1-13(2)17-12-16(14-4-3-9-19-14)10-15(11-16)5-7-18-8-6-15/h3-4,9,13,17H,5-8,10-12H2,1-2H3. The molecule has 3 heteroatoms. The van der Waals surface area contributed by atoms with Crippen molar-refractivity contribution in [3.63, 3.8) is 0 Å². The lowest BCUT2D eigenvalue weighted by atomic mass is 9.49. The van der Waals surface area contributed by atoms with E-state index in [2.05, 4.69) is 36.7 Å². The topological polar surface area (TPSA) is 21.3 Å². The van der Waals surface area contributed by atoms with Crippen LogP contribution in [0.25, 0.3) is 0 Å². The van der Waals surface area contributed by atoms with Gasteiger partial charge in [0.1, 0.15) is 0 Å². The van der Waals surface area contributed by atoms with Gasteiger partial charge in [-0.1, -0.05) is 19.9 Å². The van der Waals surface area contributed by atoms with Gasteiger partial charge in [-0.3, -0.25) is 0 Å². The number of rotatable bonds is 4. The Morgan fingerprint density at radius 3 is 2.63 bits per heavy atom. The van der Waals surface area contributed by atoms with E-state index in [0.29, 0.717) is 16.9 Å². The first kappa shape index (κ1) is 13.6. The van der Waals surface area contributed by atoms with E-state index in [-0.39, 0.29) is 0 Å². The predicted molar refractivity (Wildman–Crippen MR) is 80.9 cm³/mol. The molecule has 2 aliphatic rings. The zero-order valence-corrected chi connectivity index (χ0v) is 12.9. The fourth-order valence-electron chi connectivity index (χ4n) is 3.91. The van der Waals surface area contributed by atoms with Crippen LogP contribution < -0.4 is 5.32 Å². The number of hydrogen-bond donors (Lipinski definition) is 1. The minimum absolute atomic E-state index is 0.399.